The summed E-state index contributed by atoms with van der Waals surface area (Å²) in [6, 6.07) is 4.53. The molecule has 136 valence electrons. The first-order valence-corrected chi connectivity index (χ1v) is 9.19. The Hall–Kier alpha value is -2.72. The molecule has 0 unspecified atom stereocenters. The zero-order chi connectivity index (χ0) is 19.1. The largest absolute Gasteiger partial charge is 0.465 e. The average Bonchev–Trinajstić information content (AvgIpc) is 3.05. The van der Waals surface area contributed by atoms with Crippen molar-refractivity contribution in [2.24, 2.45) is 0 Å². The van der Waals surface area contributed by atoms with Crippen molar-refractivity contribution in [2.45, 2.75) is 19.0 Å². The number of hydrogen-bond acceptors (Lipinski definition) is 7. The highest BCUT2D eigenvalue weighted by Crippen LogP contribution is 2.29. The summed E-state index contributed by atoms with van der Waals surface area (Å²) < 4.78 is 33.8. The number of esters is 1. The predicted octanol–water partition coefficient (Wildman–Crippen LogP) is 1.98. The van der Waals surface area contributed by atoms with Gasteiger partial charge in [-0.1, -0.05) is 11.6 Å². The van der Waals surface area contributed by atoms with E-state index in [2.05, 4.69) is 19.8 Å². The van der Waals surface area contributed by atoms with Gasteiger partial charge in [0.05, 0.1) is 18.4 Å². The van der Waals surface area contributed by atoms with Gasteiger partial charge >= 0.3 is 5.97 Å². The number of sulfonamides is 1. The Balaban J connectivity index is 2.11. The minimum absolute atomic E-state index is 0.00730. The smallest absolute Gasteiger partial charge is 0.340 e. The van der Waals surface area contributed by atoms with Crippen molar-refractivity contribution in [1.29, 1.82) is 0 Å². The molecule has 0 radical (unpaired) electrons. The summed E-state index contributed by atoms with van der Waals surface area (Å²) in [4.78, 5) is 19.9. The SMILES string of the molecule is COC(=O)c1ccc(Cl)c(C)c1NS(=O)(=O)c1nc2nccc(C)n2n1. The van der Waals surface area contributed by atoms with E-state index in [0.717, 1.165) is 0 Å². The second kappa shape index (κ2) is 6.54. The Bertz CT molecular complexity index is 1130. The molecule has 0 amide bonds. The standard InChI is InChI=1S/C15H14ClN5O4S/c1-8-6-7-17-14-18-15(19-21(8)14)26(23,24)20-12-9(2)11(16)5-4-10(12)13(22)25-3/h4-7,20H,1-3H3. The lowest BCUT2D eigenvalue weighted by atomic mass is 10.1. The third-order valence-electron chi connectivity index (χ3n) is 3.69. The van der Waals surface area contributed by atoms with Gasteiger partial charge in [0, 0.05) is 16.9 Å². The number of methoxy groups -OCH3 is 1. The van der Waals surface area contributed by atoms with Crippen LogP contribution in [-0.4, -0.2) is 41.1 Å². The molecule has 0 aliphatic rings. The van der Waals surface area contributed by atoms with Crippen LogP contribution in [0.4, 0.5) is 5.69 Å². The minimum atomic E-state index is -4.19. The molecule has 11 heteroatoms. The molecule has 26 heavy (non-hydrogen) atoms. The fourth-order valence-electron chi connectivity index (χ4n) is 2.28. The van der Waals surface area contributed by atoms with Crippen molar-refractivity contribution in [2.75, 3.05) is 11.8 Å². The quantitative estimate of drug-likeness (QED) is 0.671. The van der Waals surface area contributed by atoms with Gasteiger partial charge in [-0.2, -0.15) is 13.4 Å². The van der Waals surface area contributed by atoms with E-state index in [1.165, 1.54) is 30.0 Å². The van der Waals surface area contributed by atoms with Crippen molar-refractivity contribution >= 4 is 39.1 Å². The van der Waals surface area contributed by atoms with E-state index in [4.69, 9.17) is 16.3 Å². The highest BCUT2D eigenvalue weighted by Gasteiger charge is 2.26. The van der Waals surface area contributed by atoms with E-state index in [1.54, 1.807) is 19.9 Å². The molecule has 9 nitrogen and oxygen atoms in total. The Morgan fingerprint density at radius 1 is 1.27 bits per heavy atom. The number of nitrogens with zero attached hydrogens (tertiary/aromatic N) is 4. The molecule has 0 atom stereocenters. The van der Waals surface area contributed by atoms with Crippen molar-refractivity contribution in [3.05, 3.63) is 46.2 Å². The van der Waals surface area contributed by atoms with Crippen LogP contribution in [0.5, 0.6) is 0 Å². The predicted molar refractivity (Wildman–Crippen MR) is 93.9 cm³/mol. The summed E-state index contributed by atoms with van der Waals surface area (Å²) in [6.45, 7) is 3.32. The zero-order valence-corrected chi connectivity index (χ0v) is 15.6. The highest BCUT2D eigenvalue weighted by atomic mass is 35.5. The normalized spacial score (nSPS) is 11.5. The van der Waals surface area contributed by atoms with E-state index in [1.807, 2.05) is 0 Å². The van der Waals surface area contributed by atoms with Gasteiger partial charge in [0.2, 0.25) is 0 Å². The molecule has 0 fully saturated rings. The first-order chi connectivity index (χ1) is 12.2. The van der Waals surface area contributed by atoms with Crippen molar-refractivity contribution in [1.82, 2.24) is 19.6 Å². The first kappa shape index (κ1) is 18.1. The number of rotatable bonds is 4. The Kier molecular flexibility index (Phi) is 4.55. The molecule has 0 saturated heterocycles. The minimum Gasteiger partial charge on any atom is -0.465 e. The summed E-state index contributed by atoms with van der Waals surface area (Å²) in [5.41, 5.74) is 1.07. The number of fused-ring (bicyclic) bond motifs is 1. The molecule has 2 aromatic heterocycles. The molecule has 0 saturated carbocycles. The number of carbonyl (C=O) groups is 1. The van der Waals surface area contributed by atoms with Crippen molar-refractivity contribution < 1.29 is 17.9 Å². The average molecular weight is 396 g/mol. The lowest BCUT2D eigenvalue weighted by Crippen LogP contribution is -2.18. The summed E-state index contributed by atoms with van der Waals surface area (Å²) in [5.74, 6) is -0.565. The Labute approximate surface area is 154 Å². The first-order valence-electron chi connectivity index (χ1n) is 7.33. The summed E-state index contributed by atoms with van der Waals surface area (Å²) >= 11 is 6.06. The molecule has 0 aliphatic carbocycles. The number of carbonyl (C=O) groups excluding carboxylic acids is 1. The van der Waals surface area contributed by atoms with Crippen LogP contribution in [0.25, 0.3) is 5.78 Å². The van der Waals surface area contributed by atoms with Gasteiger partial charge in [-0.25, -0.2) is 14.3 Å². The summed E-state index contributed by atoms with van der Waals surface area (Å²) in [6.07, 6.45) is 1.50. The third-order valence-corrected chi connectivity index (χ3v) is 5.23. The van der Waals surface area contributed by atoms with Crippen LogP contribution >= 0.6 is 11.6 Å². The number of halogens is 1. The molecule has 0 spiro atoms. The maximum atomic E-state index is 12.7. The molecular formula is C15H14ClN5O4S. The molecule has 1 aromatic carbocycles. The van der Waals surface area contributed by atoms with Crippen LogP contribution < -0.4 is 4.72 Å². The second-order valence-electron chi connectivity index (χ2n) is 5.38. The fourth-order valence-corrected chi connectivity index (χ4v) is 3.45. The van der Waals surface area contributed by atoms with Crippen LogP contribution in [0, 0.1) is 13.8 Å². The monoisotopic (exact) mass is 395 g/mol. The molecule has 3 aromatic rings. The molecular weight excluding hydrogens is 382 g/mol. The van der Waals surface area contributed by atoms with E-state index in [-0.39, 0.29) is 22.1 Å². The maximum Gasteiger partial charge on any atom is 0.340 e. The number of aromatic nitrogens is 4. The van der Waals surface area contributed by atoms with Crippen LogP contribution in [0.15, 0.2) is 29.6 Å². The summed E-state index contributed by atoms with van der Waals surface area (Å²) in [5, 5.41) is 3.78. The number of benzene rings is 1. The van der Waals surface area contributed by atoms with E-state index < -0.39 is 21.1 Å². The Morgan fingerprint density at radius 2 is 2.00 bits per heavy atom. The van der Waals surface area contributed by atoms with Gasteiger partial charge in [-0.3, -0.25) is 4.72 Å². The van der Waals surface area contributed by atoms with Gasteiger partial charge < -0.3 is 4.74 Å². The number of ether oxygens (including phenoxy) is 1. The lowest BCUT2D eigenvalue weighted by molar-refractivity contribution is 0.0602. The molecule has 0 aliphatic heterocycles. The van der Waals surface area contributed by atoms with Gasteiger partial charge in [0.1, 0.15) is 0 Å². The van der Waals surface area contributed by atoms with E-state index in [0.29, 0.717) is 11.3 Å². The van der Waals surface area contributed by atoms with E-state index in [9.17, 15) is 13.2 Å². The van der Waals surface area contributed by atoms with Crippen LogP contribution in [0.1, 0.15) is 21.6 Å². The molecule has 3 rings (SSSR count). The second-order valence-corrected chi connectivity index (χ2v) is 7.37. The number of anilines is 1. The summed E-state index contributed by atoms with van der Waals surface area (Å²) in [7, 11) is -3.00. The molecule has 0 bridgehead atoms. The molecule has 2 heterocycles. The van der Waals surface area contributed by atoms with Gasteiger partial charge in [-0.05, 0) is 37.6 Å². The van der Waals surface area contributed by atoms with Gasteiger partial charge in [0.25, 0.3) is 21.0 Å². The number of aryl methyl sites for hydroxylation is 1. The van der Waals surface area contributed by atoms with Crippen LogP contribution in [0.3, 0.4) is 0 Å². The van der Waals surface area contributed by atoms with Crippen LogP contribution in [0.2, 0.25) is 5.02 Å². The van der Waals surface area contributed by atoms with Crippen molar-refractivity contribution in [3.63, 3.8) is 0 Å². The van der Waals surface area contributed by atoms with E-state index >= 15 is 0 Å². The van der Waals surface area contributed by atoms with Gasteiger partial charge in [0.15, 0.2) is 0 Å². The van der Waals surface area contributed by atoms with Gasteiger partial charge in [-0.15, -0.1) is 5.10 Å². The Morgan fingerprint density at radius 3 is 2.65 bits per heavy atom. The third kappa shape index (κ3) is 3.08. The molecule has 1 N–H and O–H groups in total. The maximum absolute atomic E-state index is 12.7. The fraction of sp³-hybridized carbons (Fsp3) is 0.200. The number of nitrogens with one attached hydrogen (secondary N) is 1. The van der Waals surface area contributed by atoms with Crippen LogP contribution in [-0.2, 0) is 14.8 Å². The number of hydrogen-bond donors (Lipinski definition) is 1. The highest BCUT2D eigenvalue weighted by molar-refractivity contribution is 7.92. The lowest BCUT2D eigenvalue weighted by Gasteiger charge is -2.13. The van der Waals surface area contributed by atoms with Crippen molar-refractivity contribution in [3.8, 4) is 0 Å². The zero-order valence-electron chi connectivity index (χ0n) is 14.0. The topological polar surface area (TPSA) is 116 Å².